The van der Waals surface area contributed by atoms with Gasteiger partial charge in [-0.05, 0) is 78.6 Å². The van der Waals surface area contributed by atoms with Gasteiger partial charge in [0.1, 0.15) is 23.4 Å². The Morgan fingerprint density at radius 2 is 1.64 bits per heavy atom. The van der Waals surface area contributed by atoms with Crippen LogP contribution in [0.2, 0.25) is 0 Å². The Morgan fingerprint density at radius 3 is 2.55 bits per heavy atom. The second kappa shape index (κ2) is 9.55. The molecular formula is C39H35N3O2. The van der Waals surface area contributed by atoms with Crippen molar-refractivity contribution in [2.24, 2.45) is 0 Å². The molecule has 6 aliphatic rings. The number of nitrogens with one attached hydrogen (secondary N) is 1. The van der Waals surface area contributed by atoms with Crippen LogP contribution in [0.5, 0.6) is 11.5 Å². The Bertz CT molecular complexity index is 1890. The zero-order chi connectivity index (χ0) is 29.4. The molecule has 3 aromatic rings. The monoisotopic (exact) mass is 577 g/mol. The summed E-state index contributed by atoms with van der Waals surface area (Å²) in [4.78, 5) is 4.98. The lowest BCUT2D eigenvalue weighted by Gasteiger charge is -2.47. The Hall–Kier alpha value is -4.90. The number of ether oxygens (including phenoxy) is 2. The molecule has 5 heteroatoms. The Morgan fingerprint density at radius 1 is 0.841 bits per heavy atom. The van der Waals surface area contributed by atoms with Crippen molar-refractivity contribution in [1.29, 1.82) is 0 Å². The molecule has 44 heavy (non-hydrogen) atoms. The van der Waals surface area contributed by atoms with Crippen LogP contribution in [-0.4, -0.2) is 18.2 Å². The normalized spacial score (nSPS) is 25.1. The molecule has 0 amide bonds. The van der Waals surface area contributed by atoms with Gasteiger partial charge in [-0.2, -0.15) is 0 Å². The molecule has 218 valence electrons. The minimum absolute atomic E-state index is 0.0124. The van der Waals surface area contributed by atoms with E-state index in [0.29, 0.717) is 0 Å². The van der Waals surface area contributed by atoms with Crippen LogP contribution >= 0.6 is 0 Å². The molecule has 1 N–H and O–H groups in total. The van der Waals surface area contributed by atoms with E-state index in [0.717, 1.165) is 47.9 Å². The predicted octanol–water partition coefficient (Wildman–Crippen LogP) is 8.83. The number of hydrogen-bond donors (Lipinski definition) is 1. The molecule has 0 saturated carbocycles. The van der Waals surface area contributed by atoms with Gasteiger partial charge in [-0.25, -0.2) is 0 Å². The van der Waals surface area contributed by atoms with E-state index >= 15 is 0 Å². The highest BCUT2D eigenvalue weighted by Crippen LogP contribution is 2.51. The molecule has 0 spiro atoms. The zero-order valence-electron chi connectivity index (χ0n) is 25.0. The second-order valence-electron chi connectivity index (χ2n) is 12.9. The van der Waals surface area contributed by atoms with Crippen molar-refractivity contribution in [3.63, 3.8) is 0 Å². The smallest absolute Gasteiger partial charge is 0.150 e. The van der Waals surface area contributed by atoms with Crippen LogP contribution in [-0.2, 0) is 5.41 Å². The summed E-state index contributed by atoms with van der Waals surface area (Å²) in [5.41, 5.74) is 9.44. The molecule has 3 aliphatic heterocycles. The third-order valence-corrected chi connectivity index (χ3v) is 9.96. The molecule has 0 saturated heterocycles. The maximum absolute atomic E-state index is 6.43. The van der Waals surface area contributed by atoms with E-state index in [1.54, 1.807) is 0 Å². The Labute approximate surface area is 258 Å². The van der Waals surface area contributed by atoms with Gasteiger partial charge in [0.15, 0.2) is 0 Å². The number of para-hydroxylation sites is 4. The first-order chi connectivity index (χ1) is 21.6. The van der Waals surface area contributed by atoms with Gasteiger partial charge in [0.25, 0.3) is 0 Å². The van der Waals surface area contributed by atoms with Gasteiger partial charge in [0, 0.05) is 28.9 Å². The van der Waals surface area contributed by atoms with Crippen molar-refractivity contribution in [2.45, 2.75) is 56.7 Å². The molecule has 0 bridgehead atoms. The van der Waals surface area contributed by atoms with Crippen LogP contribution < -0.4 is 24.6 Å². The molecular weight excluding hydrogens is 542 g/mol. The van der Waals surface area contributed by atoms with Crippen molar-refractivity contribution in [3.8, 4) is 11.5 Å². The predicted molar refractivity (Wildman–Crippen MR) is 178 cm³/mol. The van der Waals surface area contributed by atoms with E-state index in [4.69, 9.17) is 9.47 Å². The van der Waals surface area contributed by atoms with Crippen molar-refractivity contribution >= 4 is 22.7 Å². The molecule has 3 aliphatic carbocycles. The quantitative estimate of drug-likeness (QED) is 0.329. The third kappa shape index (κ3) is 3.78. The molecule has 3 atom stereocenters. The number of hydrogen-bond acceptors (Lipinski definition) is 5. The maximum atomic E-state index is 6.43. The fourth-order valence-corrected chi connectivity index (χ4v) is 7.80. The Balaban J connectivity index is 1.13. The van der Waals surface area contributed by atoms with Crippen molar-refractivity contribution in [2.75, 3.05) is 15.1 Å². The standard InChI is InChI=1S/C39H35N3O2/c1-39(2)27-23-25(41-31-11-3-7-15-35(31)43-36-16-8-4-12-32(36)41)19-21-29(27)40-30-22-20-26(24-28(30)39)42-33-13-5-9-17-37(33)44-38-18-10-6-14-34(38)42/h3-13,15,17-19,21-24,26,34,36,40H,14,16,20H2,1-2H3. The number of benzene rings is 3. The van der Waals surface area contributed by atoms with Crippen molar-refractivity contribution in [1.82, 2.24) is 0 Å². The minimum Gasteiger partial charge on any atom is -0.482 e. The SMILES string of the molecule is CC1(C)C2=CC(N3c4ccccc4OC4=CC=CCC43)CC=C2Nc2ccc(N3C4=CC=CCC4Oc4ccccc43)cc21. The van der Waals surface area contributed by atoms with E-state index in [1.807, 2.05) is 0 Å². The largest absolute Gasteiger partial charge is 0.482 e. The number of nitrogens with zero attached hydrogens (tertiary/aromatic N) is 2. The summed E-state index contributed by atoms with van der Waals surface area (Å²) in [6, 6.07) is 24.2. The maximum Gasteiger partial charge on any atom is 0.150 e. The average molecular weight is 578 g/mol. The molecule has 5 nitrogen and oxygen atoms in total. The lowest BCUT2D eigenvalue weighted by molar-refractivity contribution is 0.228. The van der Waals surface area contributed by atoms with Crippen LogP contribution in [0.3, 0.4) is 0 Å². The molecule has 0 radical (unpaired) electrons. The summed E-state index contributed by atoms with van der Waals surface area (Å²) in [6.07, 6.45) is 20.7. The lowest BCUT2D eigenvalue weighted by Crippen LogP contribution is -2.49. The van der Waals surface area contributed by atoms with Crippen LogP contribution in [0, 0.1) is 0 Å². The first-order valence-corrected chi connectivity index (χ1v) is 15.7. The van der Waals surface area contributed by atoms with E-state index < -0.39 is 0 Å². The van der Waals surface area contributed by atoms with Crippen LogP contribution in [0.4, 0.5) is 22.7 Å². The first-order valence-electron chi connectivity index (χ1n) is 15.7. The van der Waals surface area contributed by atoms with Crippen molar-refractivity contribution in [3.05, 3.63) is 144 Å². The Kier molecular flexibility index (Phi) is 5.55. The van der Waals surface area contributed by atoms with Gasteiger partial charge in [-0.15, -0.1) is 0 Å². The van der Waals surface area contributed by atoms with Crippen LogP contribution in [0.15, 0.2) is 138 Å². The van der Waals surface area contributed by atoms with Gasteiger partial charge < -0.3 is 24.6 Å². The molecule has 3 heterocycles. The highest BCUT2D eigenvalue weighted by Gasteiger charge is 2.42. The summed E-state index contributed by atoms with van der Waals surface area (Å²) in [6.45, 7) is 4.75. The van der Waals surface area contributed by atoms with Gasteiger partial charge in [0.2, 0.25) is 0 Å². The average Bonchev–Trinajstić information content (AvgIpc) is 3.06. The lowest BCUT2D eigenvalue weighted by atomic mass is 9.70. The molecule has 9 rings (SSSR count). The third-order valence-electron chi connectivity index (χ3n) is 9.96. The van der Waals surface area contributed by atoms with E-state index in [9.17, 15) is 0 Å². The molecule has 3 aromatic carbocycles. The molecule has 0 fully saturated rings. The van der Waals surface area contributed by atoms with Gasteiger partial charge in [-0.1, -0.05) is 74.6 Å². The minimum atomic E-state index is -0.204. The topological polar surface area (TPSA) is 37.0 Å². The number of rotatable bonds is 2. The van der Waals surface area contributed by atoms with Gasteiger partial charge in [0.05, 0.1) is 29.2 Å². The van der Waals surface area contributed by atoms with Gasteiger partial charge in [-0.3, -0.25) is 0 Å². The van der Waals surface area contributed by atoms with Crippen LogP contribution in [0.1, 0.15) is 38.7 Å². The second-order valence-corrected chi connectivity index (χ2v) is 12.9. The summed E-state index contributed by atoms with van der Waals surface area (Å²) >= 11 is 0. The zero-order valence-corrected chi connectivity index (χ0v) is 25.0. The fourth-order valence-electron chi connectivity index (χ4n) is 7.80. The summed E-state index contributed by atoms with van der Waals surface area (Å²) in [5, 5.41) is 3.82. The first kappa shape index (κ1) is 25.6. The van der Waals surface area contributed by atoms with Gasteiger partial charge >= 0.3 is 0 Å². The highest BCUT2D eigenvalue weighted by atomic mass is 16.5. The van der Waals surface area contributed by atoms with E-state index in [2.05, 4.69) is 144 Å². The van der Waals surface area contributed by atoms with Crippen molar-refractivity contribution < 1.29 is 9.47 Å². The number of anilines is 4. The number of allylic oxidation sites excluding steroid dienone is 5. The summed E-state index contributed by atoms with van der Waals surface area (Å²) in [5.74, 6) is 2.90. The molecule has 3 unspecified atom stereocenters. The molecule has 0 aromatic heterocycles. The summed E-state index contributed by atoms with van der Waals surface area (Å²) < 4.78 is 12.8. The fraction of sp³-hybridized carbons (Fsp3) is 0.231. The van der Waals surface area contributed by atoms with E-state index in [-0.39, 0.29) is 23.6 Å². The van der Waals surface area contributed by atoms with E-state index in [1.165, 1.54) is 33.9 Å². The number of fused-ring (bicyclic) bond motifs is 6. The highest BCUT2D eigenvalue weighted by molar-refractivity contribution is 5.81. The van der Waals surface area contributed by atoms with Crippen LogP contribution in [0.25, 0.3) is 0 Å². The summed E-state index contributed by atoms with van der Waals surface area (Å²) in [7, 11) is 0.